The number of hydrogen-bond donors (Lipinski definition) is 2. The average molecular weight is 268 g/mol. The van der Waals surface area contributed by atoms with Gasteiger partial charge >= 0.3 is 0 Å². The fourth-order valence-electron chi connectivity index (χ4n) is 2.22. The van der Waals surface area contributed by atoms with E-state index in [2.05, 4.69) is 36.4 Å². The van der Waals surface area contributed by atoms with Crippen molar-refractivity contribution in [2.45, 2.75) is 32.0 Å². The minimum Gasteiger partial charge on any atom is -0.347 e. The molecule has 19 heavy (non-hydrogen) atoms. The SMILES string of the molecule is CC(C)N(C)C1CNC[C@@H]1NC(=O)/C=C/CN(C)C. The van der Waals surface area contributed by atoms with Gasteiger partial charge in [0, 0.05) is 37.8 Å². The summed E-state index contributed by atoms with van der Waals surface area (Å²) in [6, 6.07) is 1.03. The van der Waals surface area contributed by atoms with E-state index in [-0.39, 0.29) is 11.9 Å². The first kappa shape index (κ1) is 16.1. The molecule has 0 saturated carbocycles. The molecular weight excluding hydrogens is 240 g/mol. The third kappa shape index (κ3) is 5.30. The molecule has 0 radical (unpaired) electrons. The van der Waals surface area contributed by atoms with Gasteiger partial charge in [0.1, 0.15) is 0 Å². The number of nitrogens with one attached hydrogen (secondary N) is 2. The van der Waals surface area contributed by atoms with Crippen LogP contribution in [0.1, 0.15) is 13.8 Å². The number of carbonyl (C=O) groups is 1. The van der Waals surface area contributed by atoms with Crippen molar-refractivity contribution in [3.8, 4) is 0 Å². The first-order valence-corrected chi connectivity index (χ1v) is 6.96. The van der Waals surface area contributed by atoms with Crippen LogP contribution in [0, 0.1) is 0 Å². The Balaban J connectivity index is 2.46. The van der Waals surface area contributed by atoms with Crippen molar-refractivity contribution < 1.29 is 4.79 Å². The summed E-state index contributed by atoms with van der Waals surface area (Å²) in [5.41, 5.74) is 0. The van der Waals surface area contributed by atoms with Gasteiger partial charge in [-0.1, -0.05) is 6.08 Å². The first-order valence-electron chi connectivity index (χ1n) is 6.96. The number of carbonyl (C=O) groups excluding carboxylic acids is 1. The summed E-state index contributed by atoms with van der Waals surface area (Å²) in [5.74, 6) is -0.00212. The quantitative estimate of drug-likeness (QED) is 0.661. The molecule has 0 spiro atoms. The molecule has 2 N–H and O–H groups in total. The summed E-state index contributed by atoms with van der Waals surface area (Å²) in [4.78, 5) is 16.2. The van der Waals surface area contributed by atoms with Crippen molar-refractivity contribution >= 4 is 5.91 Å². The van der Waals surface area contributed by atoms with Crippen LogP contribution in [0.25, 0.3) is 0 Å². The second-order valence-electron chi connectivity index (χ2n) is 5.76. The minimum atomic E-state index is -0.00212. The average Bonchev–Trinajstić information content (AvgIpc) is 2.75. The van der Waals surface area contributed by atoms with E-state index in [1.54, 1.807) is 6.08 Å². The molecule has 2 atom stereocenters. The molecule has 1 saturated heterocycles. The summed E-state index contributed by atoms with van der Waals surface area (Å²) in [7, 11) is 6.08. The van der Waals surface area contributed by atoms with E-state index in [1.807, 2.05) is 25.1 Å². The molecule has 1 heterocycles. The van der Waals surface area contributed by atoms with Gasteiger partial charge in [-0.25, -0.2) is 0 Å². The lowest BCUT2D eigenvalue weighted by atomic mass is 10.1. The Hall–Kier alpha value is -0.910. The van der Waals surface area contributed by atoms with E-state index in [1.165, 1.54) is 0 Å². The van der Waals surface area contributed by atoms with E-state index in [9.17, 15) is 4.79 Å². The Morgan fingerprint density at radius 1 is 1.37 bits per heavy atom. The highest BCUT2D eigenvalue weighted by Crippen LogP contribution is 2.10. The third-order valence-electron chi connectivity index (χ3n) is 3.59. The second kappa shape index (κ2) is 7.62. The molecule has 1 amide bonds. The molecule has 5 nitrogen and oxygen atoms in total. The molecule has 0 aromatic rings. The maximum atomic E-state index is 11.9. The van der Waals surface area contributed by atoms with Crippen LogP contribution in [0.3, 0.4) is 0 Å². The van der Waals surface area contributed by atoms with Gasteiger partial charge in [-0.3, -0.25) is 9.69 Å². The van der Waals surface area contributed by atoms with Gasteiger partial charge in [0.05, 0.1) is 6.04 Å². The van der Waals surface area contributed by atoms with Crippen LogP contribution in [0.2, 0.25) is 0 Å². The molecule has 1 unspecified atom stereocenters. The monoisotopic (exact) mass is 268 g/mol. The van der Waals surface area contributed by atoms with Crippen LogP contribution in [-0.2, 0) is 4.79 Å². The van der Waals surface area contributed by atoms with E-state index in [0.29, 0.717) is 12.1 Å². The molecule has 110 valence electrons. The summed E-state index contributed by atoms with van der Waals surface area (Å²) in [6.45, 7) is 6.91. The molecule has 1 aliphatic heterocycles. The summed E-state index contributed by atoms with van der Waals surface area (Å²) < 4.78 is 0. The maximum Gasteiger partial charge on any atom is 0.244 e. The van der Waals surface area contributed by atoms with Crippen molar-refractivity contribution in [2.75, 3.05) is 40.8 Å². The fourth-order valence-corrected chi connectivity index (χ4v) is 2.22. The van der Waals surface area contributed by atoms with E-state index >= 15 is 0 Å². The zero-order valence-electron chi connectivity index (χ0n) is 12.8. The topological polar surface area (TPSA) is 47.6 Å². The lowest BCUT2D eigenvalue weighted by Crippen LogP contribution is -2.51. The van der Waals surface area contributed by atoms with Gasteiger partial charge in [-0.2, -0.15) is 0 Å². The molecule has 0 aromatic heterocycles. The van der Waals surface area contributed by atoms with E-state index in [4.69, 9.17) is 0 Å². The Labute approximate surface area is 117 Å². The number of rotatable bonds is 6. The normalized spacial score (nSPS) is 24.0. The third-order valence-corrected chi connectivity index (χ3v) is 3.59. The smallest absolute Gasteiger partial charge is 0.244 e. The van der Waals surface area contributed by atoms with Gasteiger partial charge in [-0.15, -0.1) is 0 Å². The minimum absolute atomic E-state index is 0.00212. The summed E-state index contributed by atoms with van der Waals surface area (Å²) >= 11 is 0. The Morgan fingerprint density at radius 3 is 2.63 bits per heavy atom. The number of likely N-dealkylation sites (N-methyl/N-ethyl adjacent to an activating group) is 2. The van der Waals surface area contributed by atoms with Crippen molar-refractivity contribution in [3.05, 3.63) is 12.2 Å². The number of amides is 1. The summed E-state index contributed by atoms with van der Waals surface area (Å²) in [5, 5.41) is 6.44. The highest BCUT2D eigenvalue weighted by molar-refractivity contribution is 5.87. The maximum absolute atomic E-state index is 11.9. The lowest BCUT2D eigenvalue weighted by Gasteiger charge is -2.32. The summed E-state index contributed by atoms with van der Waals surface area (Å²) in [6.07, 6.45) is 3.52. The standard InChI is InChI=1S/C14H28N4O/c1-11(2)18(5)13-10-15-9-12(13)16-14(19)7-6-8-17(3)4/h6-7,11-13,15H,8-10H2,1-5H3,(H,16,19)/b7-6+/t12-,13?/m0/s1. The van der Waals surface area contributed by atoms with Crippen LogP contribution < -0.4 is 10.6 Å². The number of hydrogen-bond acceptors (Lipinski definition) is 4. The van der Waals surface area contributed by atoms with Crippen LogP contribution >= 0.6 is 0 Å². The van der Waals surface area contributed by atoms with Gasteiger partial charge in [0.15, 0.2) is 0 Å². The molecule has 1 aliphatic rings. The predicted octanol–water partition coefficient (Wildman–Crippen LogP) is -0.0990. The molecular formula is C14H28N4O. The predicted molar refractivity (Wildman–Crippen MR) is 79.2 cm³/mol. The zero-order chi connectivity index (χ0) is 14.4. The van der Waals surface area contributed by atoms with E-state index in [0.717, 1.165) is 19.6 Å². The van der Waals surface area contributed by atoms with Gasteiger partial charge in [-0.05, 0) is 35.0 Å². The van der Waals surface area contributed by atoms with Crippen LogP contribution in [0.5, 0.6) is 0 Å². The van der Waals surface area contributed by atoms with Crippen molar-refractivity contribution in [1.82, 2.24) is 20.4 Å². The van der Waals surface area contributed by atoms with Gasteiger partial charge in [0.25, 0.3) is 0 Å². The molecule has 0 bridgehead atoms. The Bertz CT molecular complexity index is 315. The lowest BCUT2D eigenvalue weighted by molar-refractivity contribution is -0.117. The second-order valence-corrected chi connectivity index (χ2v) is 5.76. The van der Waals surface area contributed by atoms with E-state index < -0.39 is 0 Å². The highest BCUT2D eigenvalue weighted by Gasteiger charge is 2.31. The van der Waals surface area contributed by atoms with Crippen LogP contribution in [0.4, 0.5) is 0 Å². The van der Waals surface area contributed by atoms with Crippen molar-refractivity contribution in [3.63, 3.8) is 0 Å². The van der Waals surface area contributed by atoms with Crippen LogP contribution in [-0.4, -0.2) is 74.6 Å². The molecule has 1 rings (SSSR count). The molecule has 1 fully saturated rings. The fraction of sp³-hybridized carbons (Fsp3) is 0.786. The van der Waals surface area contributed by atoms with Crippen molar-refractivity contribution in [1.29, 1.82) is 0 Å². The van der Waals surface area contributed by atoms with Crippen molar-refractivity contribution in [2.24, 2.45) is 0 Å². The van der Waals surface area contributed by atoms with Gasteiger partial charge in [0.2, 0.25) is 5.91 Å². The molecule has 5 heteroatoms. The largest absolute Gasteiger partial charge is 0.347 e. The Kier molecular flexibility index (Phi) is 6.48. The molecule has 0 aromatic carbocycles. The Morgan fingerprint density at radius 2 is 2.05 bits per heavy atom. The van der Waals surface area contributed by atoms with Crippen LogP contribution in [0.15, 0.2) is 12.2 Å². The zero-order valence-corrected chi connectivity index (χ0v) is 12.8. The molecule has 0 aliphatic carbocycles. The van der Waals surface area contributed by atoms with Gasteiger partial charge < -0.3 is 15.5 Å². The highest BCUT2D eigenvalue weighted by atomic mass is 16.1. The first-order chi connectivity index (χ1) is 8.91. The number of nitrogens with zero attached hydrogens (tertiary/aromatic N) is 2.